The predicted molar refractivity (Wildman–Crippen MR) is 88.5 cm³/mol. The number of benzene rings is 1. The minimum Gasteiger partial charge on any atom is -0.486 e. The molecule has 0 unspecified atom stereocenters. The summed E-state index contributed by atoms with van der Waals surface area (Å²) < 4.78 is 11.0. The SMILES string of the molecule is CCCC(=O)Nc1ccc(Nc2ccc3c(c2)OCCO3)nc1. The Morgan fingerprint density at radius 3 is 2.65 bits per heavy atom. The Morgan fingerprint density at radius 2 is 1.91 bits per heavy atom. The molecule has 1 aromatic carbocycles. The van der Waals surface area contributed by atoms with E-state index in [0.717, 1.165) is 23.6 Å². The minimum atomic E-state index is 0.00171. The minimum absolute atomic E-state index is 0.00171. The lowest BCUT2D eigenvalue weighted by Gasteiger charge is -2.19. The van der Waals surface area contributed by atoms with E-state index in [9.17, 15) is 4.79 Å². The first kappa shape index (κ1) is 15.1. The molecule has 2 aromatic rings. The molecule has 0 fully saturated rings. The number of rotatable bonds is 5. The lowest BCUT2D eigenvalue weighted by atomic mass is 10.2. The molecule has 2 heterocycles. The van der Waals surface area contributed by atoms with E-state index >= 15 is 0 Å². The summed E-state index contributed by atoms with van der Waals surface area (Å²) in [6.45, 7) is 3.10. The van der Waals surface area contributed by atoms with Gasteiger partial charge in [0.15, 0.2) is 11.5 Å². The number of carbonyl (C=O) groups excluding carboxylic acids is 1. The van der Waals surface area contributed by atoms with Crippen LogP contribution in [0.4, 0.5) is 17.2 Å². The van der Waals surface area contributed by atoms with E-state index in [2.05, 4.69) is 15.6 Å². The second kappa shape index (κ2) is 7.00. The first-order valence-corrected chi connectivity index (χ1v) is 7.67. The largest absolute Gasteiger partial charge is 0.486 e. The van der Waals surface area contributed by atoms with Crippen LogP contribution in [0.25, 0.3) is 0 Å². The number of anilines is 3. The van der Waals surface area contributed by atoms with Crippen molar-refractivity contribution in [1.82, 2.24) is 4.98 Å². The van der Waals surface area contributed by atoms with Crippen LogP contribution in [-0.2, 0) is 4.79 Å². The Morgan fingerprint density at radius 1 is 1.13 bits per heavy atom. The van der Waals surface area contributed by atoms with E-state index in [1.807, 2.05) is 37.3 Å². The number of hydrogen-bond donors (Lipinski definition) is 2. The van der Waals surface area contributed by atoms with Crippen LogP contribution in [0.3, 0.4) is 0 Å². The van der Waals surface area contributed by atoms with Gasteiger partial charge in [-0.1, -0.05) is 6.92 Å². The summed E-state index contributed by atoms with van der Waals surface area (Å²) in [6, 6.07) is 9.30. The molecule has 0 saturated heterocycles. The molecule has 0 atom stereocenters. The highest BCUT2D eigenvalue weighted by Crippen LogP contribution is 2.33. The maximum atomic E-state index is 11.5. The van der Waals surface area contributed by atoms with Crippen LogP contribution in [0.2, 0.25) is 0 Å². The van der Waals surface area contributed by atoms with Crippen molar-refractivity contribution in [3.8, 4) is 11.5 Å². The van der Waals surface area contributed by atoms with E-state index in [-0.39, 0.29) is 5.91 Å². The van der Waals surface area contributed by atoms with Gasteiger partial charge in [0.2, 0.25) is 5.91 Å². The fourth-order valence-electron chi connectivity index (χ4n) is 2.26. The summed E-state index contributed by atoms with van der Waals surface area (Å²) in [5, 5.41) is 6.01. The first-order chi connectivity index (χ1) is 11.2. The molecule has 1 aliphatic rings. The third-order valence-electron chi connectivity index (χ3n) is 3.34. The molecule has 6 nitrogen and oxygen atoms in total. The highest BCUT2D eigenvalue weighted by Gasteiger charge is 2.11. The topological polar surface area (TPSA) is 72.5 Å². The zero-order valence-corrected chi connectivity index (χ0v) is 13.0. The molecule has 3 rings (SSSR count). The number of fused-ring (bicyclic) bond motifs is 1. The summed E-state index contributed by atoms with van der Waals surface area (Å²) >= 11 is 0. The van der Waals surface area contributed by atoms with Gasteiger partial charge in [0.05, 0.1) is 11.9 Å². The van der Waals surface area contributed by atoms with E-state index in [4.69, 9.17) is 9.47 Å². The van der Waals surface area contributed by atoms with Gasteiger partial charge in [-0.25, -0.2) is 4.98 Å². The maximum Gasteiger partial charge on any atom is 0.224 e. The lowest BCUT2D eigenvalue weighted by molar-refractivity contribution is -0.116. The van der Waals surface area contributed by atoms with Gasteiger partial charge in [-0.3, -0.25) is 4.79 Å². The fourth-order valence-corrected chi connectivity index (χ4v) is 2.26. The molecule has 6 heteroatoms. The Kier molecular flexibility index (Phi) is 4.61. The summed E-state index contributed by atoms with van der Waals surface area (Å²) in [5.41, 5.74) is 1.56. The molecule has 1 amide bonds. The molecular weight excluding hydrogens is 294 g/mol. The first-order valence-electron chi connectivity index (χ1n) is 7.67. The van der Waals surface area contributed by atoms with Crippen molar-refractivity contribution in [1.29, 1.82) is 0 Å². The fraction of sp³-hybridized carbons (Fsp3) is 0.294. The normalized spacial score (nSPS) is 12.6. The summed E-state index contributed by atoms with van der Waals surface area (Å²) in [7, 11) is 0. The molecule has 1 aliphatic heterocycles. The van der Waals surface area contributed by atoms with Crippen LogP contribution in [0.5, 0.6) is 11.5 Å². The number of nitrogens with zero attached hydrogens (tertiary/aromatic N) is 1. The number of aromatic nitrogens is 1. The van der Waals surface area contributed by atoms with Gasteiger partial charge >= 0.3 is 0 Å². The van der Waals surface area contributed by atoms with Gasteiger partial charge < -0.3 is 20.1 Å². The van der Waals surface area contributed by atoms with Gasteiger partial charge in [-0.05, 0) is 30.7 Å². The average Bonchev–Trinajstić information content (AvgIpc) is 2.57. The highest BCUT2D eigenvalue weighted by atomic mass is 16.6. The Bertz CT molecular complexity index is 686. The van der Waals surface area contributed by atoms with E-state index < -0.39 is 0 Å². The lowest BCUT2D eigenvalue weighted by Crippen LogP contribution is -2.15. The Balaban J connectivity index is 1.65. The molecule has 0 spiro atoms. The van der Waals surface area contributed by atoms with Gasteiger partial charge in [0.25, 0.3) is 0 Å². The summed E-state index contributed by atoms with van der Waals surface area (Å²) in [4.78, 5) is 15.8. The highest BCUT2D eigenvalue weighted by molar-refractivity contribution is 5.90. The van der Waals surface area contributed by atoms with Gasteiger partial charge in [-0.15, -0.1) is 0 Å². The van der Waals surface area contributed by atoms with Crippen molar-refractivity contribution >= 4 is 23.1 Å². The molecule has 2 N–H and O–H groups in total. The summed E-state index contributed by atoms with van der Waals surface area (Å²) in [5.74, 6) is 2.17. The van der Waals surface area contributed by atoms with E-state index in [1.165, 1.54) is 0 Å². The maximum absolute atomic E-state index is 11.5. The predicted octanol–water partition coefficient (Wildman–Crippen LogP) is 3.34. The van der Waals surface area contributed by atoms with Crippen LogP contribution in [0, 0.1) is 0 Å². The van der Waals surface area contributed by atoms with Crippen molar-refractivity contribution < 1.29 is 14.3 Å². The van der Waals surface area contributed by atoms with Crippen LogP contribution in [-0.4, -0.2) is 24.1 Å². The smallest absolute Gasteiger partial charge is 0.224 e. The number of carbonyl (C=O) groups is 1. The number of amides is 1. The molecule has 1 aromatic heterocycles. The molecule has 0 aliphatic carbocycles. The zero-order chi connectivity index (χ0) is 16.1. The van der Waals surface area contributed by atoms with Gasteiger partial charge in [-0.2, -0.15) is 0 Å². The summed E-state index contributed by atoms with van der Waals surface area (Å²) in [6.07, 6.45) is 2.97. The van der Waals surface area contributed by atoms with Crippen molar-refractivity contribution in [2.24, 2.45) is 0 Å². The number of ether oxygens (including phenoxy) is 2. The Hall–Kier alpha value is -2.76. The van der Waals surface area contributed by atoms with Gasteiger partial charge in [0.1, 0.15) is 19.0 Å². The van der Waals surface area contributed by atoms with Crippen molar-refractivity contribution in [2.45, 2.75) is 19.8 Å². The molecule has 0 bridgehead atoms. The van der Waals surface area contributed by atoms with Crippen LogP contribution in [0.15, 0.2) is 36.5 Å². The second-order valence-electron chi connectivity index (χ2n) is 5.21. The van der Waals surface area contributed by atoms with Crippen molar-refractivity contribution in [2.75, 3.05) is 23.8 Å². The van der Waals surface area contributed by atoms with Crippen molar-refractivity contribution in [3.05, 3.63) is 36.5 Å². The number of hydrogen-bond acceptors (Lipinski definition) is 5. The third-order valence-corrected chi connectivity index (χ3v) is 3.34. The van der Waals surface area contributed by atoms with Gasteiger partial charge in [0, 0.05) is 18.2 Å². The molecule has 0 radical (unpaired) electrons. The van der Waals surface area contributed by atoms with E-state index in [1.54, 1.807) is 6.20 Å². The van der Waals surface area contributed by atoms with Crippen molar-refractivity contribution in [3.63, 3.8) is 0 Å². The molecule has 23 heavy (non-hydrogen) atoms. The second-order valence-corrected chi connectivity index (χ2v) is 5.21. The molecule has 120 valence electrons. The quantitative estimate of drug-likeness (QED) is 0.886. The average molecular weight is 313 g/mol. The number of pyridine rings is 1. The van der Waals surface area contributed by atoms with Crippen LogP contribution in [0.1, 0.15) is 19.8 Å². The monoisotopic (exact) mass is 313 g/mol. The van der Waals surface area contributed by atoms with Crippen LogP contribution < -0.4 is 20.1 Å². The third kappa shape index (κ3) is 3.91. The van der Waals surface area contributed by atoms with Crippen LogP contribution >= 0.6 is 0 Å². The molecular formula is C17H19N3O3. The zero-order valence-electron chi connectivity index (χ0n) is 13.0. The Labute approximate surface area is 134 Å². The van der Waals surface area contributed by atoms with E-state index in [0.29, 0.717) is 31.1 Å². The standard InChI is InChI=1S/C17H19N3O3/c1-2-3-17(21)20-13-5-7-16(18-11-13)19-12-4-6-14-15(10-12)23-9-8-22-14/h4-7,10-11H,2-3,8-9H2,1H3,(H,18,19)(H,20,21). The number of nitrogens with one attached hydrogen (secondary N) is 2. The molecule has 0 saturated carbocycles.